The second-order valence-corrected chi connectivity index (χ2v) is 5.68. The van der Waals surface area contributed by atoms with Gasteiger partial charge in [0.2, 0.25) is 5.91 Å². The van der Waals surface area contributed by atoms with Gasteiger partial charge >= 0.3 is 0 Å². The number of piperazine rings is 1. The maximum atomic E-state index is 12.1. The molecule has 0 unspecified atom stereocenters. The number of amides is 1. The lowest BCUT2D eigenvalue weighted by Crippen LogP contribution is -2.49. The summed E-state index contributed by atoms with van der Waals surface area (Å²) in [7, 11) is 0. The van der Waals surface area contributed by atoms with Crippen molar-refractivity contribution in [2.24, 2.45) is 0 Å². The van der Waals surface area contributed by atoms with Crippen LogP contribution in [0.1, 0.15) is 26.2 Å². The van der Waals surface area contributed by atoms with Crippen LogP contribution in [0.15, 0.2) is 31.1 Å². The van der Waals surface area contributed by atoms with E-state index in [-0.39, 0.29) is 5.91 Å². The molecule has 0 aliphatic carbocycles. The van der Waals surface area contributed by atoms with E-state index in [2.05, 4.69) is 26.8 Å². The van der Waals surface area contributed by atoms with Crippen molar-refractivity contribution < 1.29 is 4.79 Å². The van der Waals surface area contributed by atoms with Gasteiger partial charge in [-0.05, 0) is 6.42 Å². The fourth-order valence-electron chi connectivity index (χ4n) is 2.72. The fraction of sp³-hybridized carbons (Fsp3) is 0.500. The number of unbranched alkanes of at least 4 members (excludes halogenated alkanes) is 1. The Kier molecular flexibility index (Phi) is 4.85. The first-order valence-electron chi connectivity index (χ1n) is 8.11. The third-order valence-electron chi connectivity index (χ3n) is 4.11. The Morgan fingerprint density at radius 2 is 1.96 bits per heavy atom. The number of hydrogen-bond acceptors (Lipinski definition) is 5. The molecule has 3 rings (SSSR count). The van der Waals surface area contributed by atoms with E-state index in [0.29, 0.717) is 6.42 Å². The molecule has 0 aromatic carbocycles. The van der Waals surface area contributed by atoms with E-state index in [1.807, 2.05) is 21.7 Å². The Labute approximate surface area is 136 Å². The summed E-state index contributed by atoms with van der Waals surface area (Å²) < 4.78 is 1.86. The lowest BCUT2D eigenvalue weighted by Gasteiger charge is -2.35. The molecule has 0 atom stereocenters. The summed E-state index contributed by atoms with van der Waals surface area (Å²) in [6.45, 7) is 5.23. The molecule has 2 aromatic rings. The SMILES string of the molecule is CCCCC(=O)N1CCN(c2cc(-n3ccnc3)ncn2)CC1. The monoisotopic (exact) mass is 314 g/mol. The summed E-state index contributed by atoms with van der Waals surface area (Å²) >= 11 is 0. The molecule has 0 saturated carbocycles. The van der Waals surface area contributed by atoms with E-state index in [1.165, 1.54) is 0 Å². The Bertz CT molecular complexity index is 634. The van der Waals surface area contributed by atoms with E-state index >= 15 is 0 Å². The molecule has 7 heteroatoms. The Morgan fingerprint density at radius 1 is 1.17 bits per heavy atom. The van der Waals surface area contributed by atoms with E-state index in [0.717, 1.165) is 50.7 Å². The minimum absolute atomic E-state index is 0.272. The van der Waals surface area contributed by atoms with Gasteiger partial charge in [0.05, 0.1) is 0 Å². The fourth-order valence-corrected chi connectivity index (χ4v) is 2.72. The van der Waals surface area contributed by atoms with Crippen LogP contribution >= 0.6 is 0 Å². The number of hydrogen-bond donors (Lipinski definition) is 0. The maximum absolute atomic E-state index is 12.1. The second kappa shape index (κ2) is 7.21. The molecule has 1 fully saturated rings. The average molecular weight is 314 g/mol. The largest absolute Gasteiger partial charge is 0.353 e. The molecule has 1 aliphatic rings. The smallest absolute Gasteiger partial charge is 0.222 e. The first-order chi connectivity index (χ1) is 11.3. The quantitative estimate of drug-likeness (QED) is 0.836. The summed E-state index contributed by atoms with van der Waals surface area (Å²) in [6.07, 6.45) is 9.57. The number of rotatable bonds is 5. The number of carbonyl (C=O) groups is 1. The second-order valence-electron chi connectivity index (χ2n) is 5.68. The molecule has 1 saturated heterocycles. The van der Waals surface area contributed by atoms with Crippen LogP contribution in [0.2, 0.25) is 0 Å². The highest BCUT2D eigenvalue weighted by Crippen LogP contribution is 2.16. The van der Waals surface area contributed by atoms with E-state index in [1.54, 1.807) is 18.9 Å². The lowest BCUT2D eigenvalue weighted by molar-refractivity contribution is -0.131. The van der Waals surface area contributed by atoms with Crippen molar-refractivity contribution in [3.05, 3.63) is 31.1 Å². The molecule has 0 N–H and O–H groups in total. The van der Waals surface area contributed by atoms with Gasteiger partial charge < -0.3 is 9.80 Å². The zero-order valence-electron chi connectivity index (χ0n) is 13.4. The molecule has 0 bridgehead atoms. The molecule has 23 heavy (non-hydrogen) atoms. The number of imidazole rings is 1. The number of carbonyl (C=O) groups excluding carboxylic acids is 1. The van der Waals surface area contributed by atoms with Crippen molar-refractivity contribution in [2.75, 3.05) is 31.1 Å². The lowest BCUT2D eigenvalue weighted by atomic mass is 10.2. The molecular formula is C16H22N6O. The number of aromatic nitrogens is 4. The van der Waals surface area contributed by atoms with Gasteiger partial charge in [-0.3, -0.25) is 9.36 Å². The third kappa shape index (κ3) is 3.67. The Hall–Kier alpha value is -2.44. The van der Waals surface area contributed by atoms with Crippen molar-refractivity contribution >= 4 is 11.7 Å². The first-order valence-corrected chi connectivity index (χ1v) is 8.11. The van der Waals surface area contributed by atoms with Crippen LogP contribution in [0.3, 0.4) is 0 Å². The van der Waals surface area contributed by atoms with Crippen molar-refractivity contribution in [3.63, 3.8) is 0 Å². The van der Waals surface area contributed by atoms with Gasteiger partial charge in [0.15, 0.2) is 0 Å². The Morgan fingerprint density at radius 3 is 2.65 bits per heavy atom. The van der Waals surface area contributed by atoms with Gasteiger partial charge in [0.1, 0.15) is 24.3 Å². The van der Waals surface area contributed by atoms with Crippen LogP contribution in [0.25, 0.3) is 5.82 Å². The van der Waals surface area contributed by atoms with Crippen LogP contribution in [0.4, 0.5) is 5.82 Å². The van der Waals surface area contributed by atoms with E-state index < -0.39 is 0 Å². The molecule has 1 aliphatic heterocycles. The molecule has 122 valence electrons. The summed E-state index contributed by atoms with van der Waals surface area (Å²) in [4.78, 5) is 28.9. The van der Waals surface area contributed by atoms with Crippen molar-refractivity contribution in [1.82, 2.24) is 24.4 Å². The standard InChI is InChI=1S/C16H22N6O/c1-2-3-4-16(23)21-9-7-20(8-10-21)14-11-15(19-12-18-14)22-6-5-17-13-22/h5-6,11-13H,2-4,7-10H2,1H3. The normalized spacial score (nSPS) is 15.0. The summed E-state index contributed by atoms with van der Waals surface area (Å²) in [5.74, 6) is 1.96. The zero-order valence-corrected chi connectivity index (χ0v) is 13.4. The molecule has 1 amide bonds. The first kappa shape index (κ1) is 15.5. The van der Waals surface area contributed by atoms with Gasteiger partial charge in [-0.2, -0.15) is 0 Å². The third-order valence-corrected chi connectivity index (χ3v) is 4.11. The predicted molar refractivity (Wildman–Crippen MR) is 87.5 cm³/mol. The van der Waals surface area contributed by atoms with Crippen molar-refractivity contribution in [2.45, 2.75) is 26.2 Å². The molecule has 0 spiro atoms. The van der Waals surface area contributed by atoms with Crippen LogP contribution in [-0.4, -0.2) is 56.5 Å². The van der Waals surface area contributed by atoms with Crippen LogP contribution in [0.5, 0.6) is 0 Å². The number of nitrogens with zero attached hydrogens (tertiary/aromatic N) is 6. The highest BCUT2D eigenvalue weighted by Gasteiger charge is 2.21. The molecule has 2 aromatic heterocycles. The van der Waals surface area contributed by atoms with Crippen LogP contribution in [0, 0.1) is 0 Å². The van der Waals surface area contributed by atoms with Crippen molar-refractivity contribution in [3.8, 4) is 5.82 Å². The molecule has 7 nitrogen and oxygen atoms in total. The highest BCUT2D eigenvalue weighted by atomic mass is 16.2. The average Bonchev–Trinajstić information content (AvgIpc) is 3.14. The van der Waals surface area contributed by atoms with E-state index in [9.17, 15) is 4.79 Å². The zero-order chi connectivity index (χ0) is 16.1. The minimum atomic E-state index is 0.272. The van der Waals surface area contributed by atoms with Gasteiger partial charge in [0.25, 0.3) is 0 Å². The van der Waals surface area contributed by atoms with Gasteiger partial charge in [0, 0.05) is 51.1 Å². The van der Waals surface area contributed by atoms with Crippen LogP contribution in [-0.2, 0) is 4.79 Å². The van der Waals surface area contributed by atoms with Gasteiger partial charge in [-0.1, -0.05) is 13.3 Å². The Balaban J connectivity index is 1.62. The molecular weight excluding hydrogens is 292 g/mol. The summed E-state index contributed by atoms with van der Waals surface area (Å²) in [6, 6.07) is 1.95. The molecule has 0 radical (unpaired) electrons. The summed E-state index contributed by atoms with van der Waals surface area (Å²) in [5, 5.41) is 0. The minimum Gasteiger partial charge on any atom is -0.353 e. The molecule has 3 heterocycles. The predicted octanol–water partition coefficient (Wildman–Crippen LogP) is 1.50. The number of anilines is 1. The highest BCUT2D eigenvalue weighted by molar-refractivity contribution is 5.76. The summed E-state index contributed by atoms with van der Waals surface area (Å²) in [5.41, 5.74) is 0. The van der Waals surface area contributed by atoms with Crippen molar-refractivity contribution in [1.29, 1.82) is 0 Å². The van der Waals surface area contributed by atoms with Crippen LogP contribution < -0.4 is 4.90 Å². The van der Waals surface area contributed by atoms with Gasteiger partial charge in [-0.25, -0.2) is 15.0 Å². The van der Waals surface area contributed by atoms with E-state index in [4.69, 9.17) is 0 Å². The maximum Gasteiger partial charge on any atom is 0.222 e. The van der Waals surface area contributed by atoms with Gasteiger partial charge in [-0.15, -0.1) is 0 Å². The topological polar surface area (TPSA) is 67.2 Å².